The number of Topliss-reactive ketones (excluding diaryl/α,β-unsaturated/α-hetero) is 1. The van der Waals surface area contributed by atoms with Gasteiger partial charge in [-0.1, -0.05) is 13.0 Å². The lowest BCUT2D eigenvalue weighted by molar-refractivity contribution is -0.155. The van der Waals surface area contributed by atoms with Gasteiger partial charge in [0.05, 0.1) is 11.6 Å². The van der Waals surface area contributed by atoms with Crippen molar-refractivity contribution < 1.29 is 9.59 Å². The molecule has 2 aliphatic rings. The Morgan fingerprint density at radius 1 is 1.64 bits per heavy atom. The number of β-lactam (4-membered cyclic amide) rings is 1. The van der Waals surface area contributed by atoms with E-state index in [4.69, 9.17) is 0 Å². The largest absolute Gasteiger partial charge is 0.305 e. The molecule has 76 valence electrons. The van der Waals surface area contributed by atoms with Crippen LogP contribution >= 0.6 is 0 Å². The molecule has 0 spiro atoms. The number of carbonyl (C=O) groups excluding carboxylic acids is 2. The van der Waals surface area contributed by atoms with Crippen LogP contribution in [0.1, 0.15) is 33.1 Å². The third-order valence-corrected chi connectivity index (χ3v) is 3.21. The summed E-state index contributed by atoms with van der Waals surface area (Å²) in [6.45, 7) is 3.56. The van der Waals surface area contributed by atoms with Crippen LogP contribution in [-0.2, 0) is 9.59 Å². The Morgan fingerprint density at radius 3 is 2.93 bits per heavy atom. The molecule has 3 heteroatoms. The molecule has 14 heavy (non-hydrogen) atoms. The minimum Gasteiger partial charge on any atom is -0.305 e. The van der Waals surface area contributed by atoms with Gasteiger partial charge < -0.3 is 4.90 Å². The van der Waals surface area contributed by atoms with Crippen molar-refractivity contribution in [2.75, 3.05) is 0 Å². The number of amides is 1. The summed E-state index contributed by atoms with van der Waals surface area (Å²) in [4.78, 5) is 24.6. The number of nitrogens with zero attached hydrogens (tertiary/aromatic N) is 1. The van der Waals surface area contributed by atoms with Crippen LogP contribution in [0.3, 0.4) is 0 Å². The number of hydrogen-bond donors (Lipinski definition) is 0. The molecule has 1 fully saturated rings. The van der Waals surface area contributed by atoms with E-state index in [1.54, 1.807) is 4.90 Å². The molecule has 0 aromatic heterocycles. The van der Waals surface area contributed by atoms with E-state index in [0.717, 1.165) is 19.3 Å². The van der Waals surface area contributed by atoms with Crippen LogP contribution < -0.4 is 0 Å². The predicted octanol–water partition coefficient (Wildman–Crippen LogP) is 1.49. The second-order valence-electron chi connectivity index (χ2n) is 4.01. The smallest absolute Gasteiger partial charge is 0.232 e. The normalized spacial score (nSPS) is 30.6. The molecule has 0 radical (unpaired) electrons. The lowest BCUT2D eigenvalue weighted by Gasteiger charge is -2.49. The Bertz CT molecular complexity index is 319. The van der Waals surface area contributed by atoms with E-state index in [1.807, 2.05) is 13.0 Å². The number of carbonyl (C=O) groups is 2. The Kier molecular flexibility index (Phi) is 2.17. The van der Waals surface area contributed by atoms with E-state index in [0.29, 0.717) is 11.7 Å². The van der Waals surface area contributed by atoms with Crippen molar-refractivity contribution in [3.63, 3.8) is 0 Å². The molecule has 0 N–H and O–H groups in total. The molecule has 0 aromatic rings. The fourth-order valence-corrected chi connectivity index (χ4v) is 2.48. The van der Waals surface area contributed by atoms with Crippen molar-refractivity contribution >= 4 is 11.7 Å². The van der Waals surface area contributed by atoms with Crippen molar-refractivity contribution in [1.29, 1.82) is 0 Å². The lowest BCUT2D eigenvalue weighted by atomic mass is 9.79. The van der Waals surface area contributed by atoms with Gasteiger partial charge in [-0.2, -0.15) is 0 Å². The molecule has 2 atom stereocenters. The van der Waals surface area contributed by atoms with Crippen LogP contribution in [0, 0.1) is 5.92 Å². The summed E-state index contributed by atoms with van der Waals surface area (Å²) < 4.78 is 0. The first-order valence-corrected chi connectivity index (χ1v) is 5.21. The summed E-state index contributed by atoms with van der Waals surface area (Å²) in [6, 6.07) is 0.302. The van der Waals surface area contributed by atoms with E-state index in [9.17, 15) is 9.59 Å². The second-order valence-corrected chi connectivity index (χ2v) is 4.01. The van der Waals surface area contributed by atoms with Crippen molar-refractivity contribution in [3.8, 4) is 0 Å². The molecule has 1 saturated heterocycles. The maximum atomic E-state index is 11.7. The van der Waals surface area contributed by atoms with Crippen molar-refractivity contribution in [2.45, 2.75) is 39.2 Å². The average molecular weight is 193 g/mol. The molecule has 2 rings (SSSR count). The summed E-state index contributed by atoms with van der Waals surface area (Å²) in [5, 5.41) is 0. The third kappa shape index (κ3) is 1.11. The van der Waals surface area contributed by atoms with Gasteiger partial charge in [-0.25, -0.2) is 0 Å². The van der Waals surface area contributed by atoms with Crippen molar-refractivity contribution in [1.82, 2.24) is 4.90 Å². The maximum Gasteiger partial charge on any atom is 0.232 e. The summed E-state index contributed by atoms with van der Waals surface area (Å²) in [6.07, 6.45) is 4.73. The Morgan fingerprint density at radius 2 is 2.36 bits per heavy atom. The Labute approximate surface area is 83.8 Å². The minimum atomic E-state index is 0.0117. The Balaban J connectivity index is 2.23. The lowest BCUT2D eigenvalue weighted by Crippen LogP contribution is -2.61. The molecule has 1 amide bonds. The van der Waals surface area contributed by atoms with E-state index >= 15 is 0 Å². The van der Waals surface area contributed by atoms with Crippen LogP contribution in [0.25, 0.3) is 0 Å². The molecular formula is C11H15NO2. The first-order chi connectivity index (χ1) is 6.66. The number of allylic oxidation sites excluding steroid dienone is 2. The van der Waals surface area contributed by atoms with E-state index in [1.165, 1.54) is 6.92 Å². The highest BCUT2D eigenvalue weighted by Crippen LogP contribution is 2.38. The van der Waals surface area contributed by atoms with Gasteiger partial charge in [0, 0.05) is 13.0 Å². The highest BCUT2D eigenvalue weighted by atomic mass is 16.2. The molecule has 2 heterocycles. The molecule has 2 unspecified atom stereocenters. The predicted molar refractivity (Wildman–Crippen MR) is 52.4 cm³/mol. The standard InChI is InChI=1S/C11H15NO2/c1-3-8-10-6-4-5-9(7(2)13)12(10)11(8)14/h5,8,10H,3-4,6H2,1-2H3. The Hall–Kier alpha value is -1.12. The molecule has 0 aliphatic carbocycles. The second kappa shape index (κ2) is 3.23. The maximum absolute atomic E-state index is 11.7. The third-order valence-electron chi connectivity index (χ3n) is 3.21. The van der Waals surface area contributed by atoms with Crippen LogP contribution in [0.2, 0.25) is 0 Å². The van der Waals surface area contributed by atoms with Gasteiger partial charge in [0.2, 0.25) is 5.91 Å². The van der Waals surface area contributed by atoms with Gasteiger partial charge in [-0.05, 0) is 19.3 Å². The highest BCUT2D eigenvalue weighted by Gasteiger charge is 2.49. The van der Waals surface area contributed by atoms with Gasteiger partial charge in [-0.3, -0.25) is 9.59 Å². The molecule has 0 bridgehead atoms. The first-order valence-electron chi connectivity index (χ1n) is 5.21. The fraction of sp³-hybridized carbons (Fsp3) is 0.636. The van der Waals surface area contributed by atoms with Gasteiger partial charge in [0.1, 0.15) is 0 Å². The molecule has 0 aromatic carbocycles. The number of rotatable bonds is 2. The average Bonchev–Trinajstić information content (AvgIpc) is 2.16. The van der Waals surface area contributed by atoms with E-state index in [-0.39, 0.29) is 17.6 Å². The molecule has 3 nitrogen and oxygen atoms in total. The van der Waals surface area contributed by atoms with Crippen LogP contribution in [0.15, 0.2) is 11.8 Å². The summed E-state index contributed by atoms with van der Waals surface area (Å²) in [7, 11) is 0. The first kappa shape index (κ1) is 9.44. The quantitative estimate of drug-likeness (QED) is 0.623. The number of fused-ring (bicyclic) bond motifs is 1. The summed E-state index contributed by atoms with van der Waals surface area (Å²) >= 11 is 0. The van der Waals surface area contributed by atoms with Crippen LogP contribution in [0.4, 0.5) is 0 Å². The molecule has 2 aliphatic heterocycles. The minimum absolute atomic E-state index is 0.0117. The van der Waals surface area contributed by atoms with Crippen LogP contribution in [-0.4, -0.2) is 22.6 Å². The van der Waals surface area contributed by atoms with Gasteiger partial charge in [0.25, 0.3) is 0 Å². The zero-order valence-electron chi connectivity index (χ0n) is 8.62. The highest BCUT2D eigenvalue weighted by molar-refractivity contribution is 6.00. The molecular weight excluding hydrogens is 178 g/mol. The summed E-state index contributed by atoms with van der Waals surface area (Å²) in [5.74, 6) is 0.314. The zero-order chi connectivity index (χ0) is 10.3. The van der Waals surface area contributed by atoms with Crippen molar-refractivity contribution in [3.05, 3.63) is 11.8 Å². The summed E-state index contributed by atoms with van der Waals surface area (Å²) in [5.41, 5.74) is 0.621. The molecule has 0 saturated carbocycles. The topological polar surface area (TPSA) is 37.4 Å². The fourth-order valence-electron chi connectivity index (χ4n) is 2.48. The van der Waals surface area contributed by atoms with Gasteiger partial charge in [0.15, 0.2) is 5.78 Å². The monoisotopic (exact) mass is 193 g/mol. The number of hydrogen-bond acceptors (Lipinski definition) is 2. The van der Waals surface area contributed by atoms with Crippen LogP contribution in [0.5, 0.6) is 0 Å². The SMILES string of the molecule is CCC1C(=O)N2C(C(C)=O)=CCCC12. The van der Waals surface area contributed by atoms with Gasteiger partial charge >= 0.3 is 0 Å². The van der Waals surface area contributed by atoms with E-state index < -0.39 is 0 Å². The van der Waals surface area contributed by atoms with E-state index in [2.05, 4.69) is 0 Å². The zero-order valence-corrected chi connectivity index (χ0v) is 8.62. The van der Waals surface area contributed by atoms with Crippen molar-refractivity contribution in [2.24, 2.45) is 5.92 Å². The number of ketones is 1. The van der Waals surface area contributed by atoms with Gasteiger partial charge in [-0.15, -0.1) is 0 Å².